The Bertz CT molecular complexity index is 3250. The topological polar surface area (TPSA) is 44.8 Å². The third kappa shape index (κ3) is 19.6. The molecule has 524 valence electrons. The van der Waals surface area contributed by atoms with Gasteiger partial charge in [-0.3, -0.25) is 0 Å². The van der Waals surface area contributed by atoms with Gasteiger partial charge in [0.1, 0.15) is 0 Å². The van der Waals surface area contributed by atoms with Crippen molar-refractivity contribution in [1.82, 2.24) is 0 Å². The second-order valence-corrected chi connectivity index (χ2v) is 41.2. The van der Waals surface area contributed by atoms with E-state index in [4.69, 9.17) is 7.38 Å². The summed E-state index contributed by atoms with van der Waals surface area (Å²) in [6.07, 6.45) is 30.3. The van der Waals surface area contributed by atoms with Crippen molar-refractivity contribution in [1.29, 1.82) is 0 Å². The minimum atomic E-state index is -6.87. The van der Waals surface area contributed by atoms with Gasteiger partial charge >= 0.3 is 570 Å². The molecule has 0 saturated heterocycles. The fourth-order valence-corrected chi connectivity index (χ4v) is 38.0. The molecule has 0 unspecified atom stereocenters. The number of hydrogen-bond acceptors (Lipinski definition) is 4. The Labute approximate surface area is 604 Å². The van der Waals surface area contributed by atoms with E-state index in [0.717, 1.165) is 121 Å². The van der Waals surface area contributed by atoms with Crippen LogP contribution < -0.4 is 0 Å². The summed E-state index contributed by atoms with van der Waals surface area (Å²) in [4.78, 5) is 8.42. The van der Waals surface area contributed by atoms with Crippen LogP contribution in [0.2, 0.25) is 0 Å². The molecular formula is C90H117O4S3Sb. The van der Waals surface area contributed by atoms with E-state index < -0.39 is 51.0 Å². The zero-order valence-corrected chi connectivity index (χ0v) is 66.2. The molecule has 0 bridgehead atoms. The van der Waals surface area contributed by atoms with Crippen molar-refractivity contribution in [3.63, 3.8) is 0 Å². The molecule has 0 aromatic heterocycles. The van der Waals surface area contributed by atoms with Gasteiger partial charge in [-0.05, 0) is 0 Å². The van der Waals surface area contributed by atoms with Crippen LogP contribution in [0, 0.1) is 0 Å². The normalized spacial score (nSPS) is 12.7. The molecule has 8 heteroatoms. The van der Waals surface area contributed by atoms with Crippen molar-refractivity contribution in [3.8, 4) is 0 Å². The van der Waals surface area contributed by atoms with Crippen LogP contribution in [-0.2, 0) is 68.2 Å². The second-order valence-electron chi connectivity index (χ2n) is 26.8. The summed E-state index contributed by atoms with van der Waals surface area (Å²) in [5.41, 5.74) is 11.1. The first-order valence-corrected chi connectivity index (χ1v) is 46.8. The standard InChI is InChI=1S/3C30H40OS.O.Sb/c3*1-4-7-8-9-10-11-12-27-17-23-30(24-18-27)32(31,28-19-13-25(5-2)14-20-28)29-21-15-26(6-3)16-22-29;;/h3*13-24,31H,4-12H2,1-3H3;;/q;;;;+3/p-3. The van der Waals surface area contributed by atoms with Crippen LogP contribution in [0.25, 0.3) is 0 Å². The Balaban J connectivity index is 1.39. The molecule has 0 spiro atoms. The Morgan fingerprint density at radius 2 is 0.347 bits per heavy atom. The van der Waals surface area contributed by atoms with Crippen LogP contribution >= 0.6 is 30.9 Å². The van der Waals surface area contributed by atoms with Gasteiger partial charge in [-0.25, -0.2) is 0 Å². The summed E-state index contributed by atoms with van der Waals surface area (Å²) in [5.74, 6) is 0. The number of hydrogen-bond donors (Lipinski definition) is 0. The van der Waals surface area contributed by atoms with E-state index in [1.165, 1.54) is 146 Å². The van der Waals surface area contributed by atoms with E-state index in [0.29, 0.717) is 0 Å². The van der Waals surface area contributed by atoms with Crippen molar-refractivity contribution < 1.29 is 10.4 Å². The average Bonchev–Trinajstić information content (AvgIpc) is 0.714. The molecule has 0 saturated carbocycles. The third-order valence-corrected chi connectivity index (χ3v) is 39.9. The second kappa shape index (κ2) is 39.1. The third-order valence-electron chi connectivity index (χ3n) is 19.8. The van der Waals surface area contributed by atoms with E-state index in [9.17, 15) is 0 Å². The van der Waals surface area contributed by atoms with E-state index >= 15 is 3.02 Å². The summed E-state index contributed by atoms with van der Waals surface area (Å²) in [7, 11) is -9.21. The summed E-state index contributed by atoms with van der Waals surface area (Å²) in [5, 5.41) is 0. The summed E-state index contributed by atoms with van der Waals surface area (Å²) in [6.45, 7) is 20.1. The van der Waals surface area contributed by atoms with Gasteiger partial charge in [0.25, 0.3) is 0 Å². The number of unbranched alkanes of at least 4 members (excludes halogenated alkanes) is 15. The van der Waals surface area contributed by atoms with E-state index in [1.54, 1.807) is 0 Å². The maximum atomic E-state index is 19.6. The number of rotatable bonds is 42. The van der Waals surface area contributed by atoms with Crippen molar-refractivity contribution >= 4 is 51.0 Å². The quantitative estimate of drug-likeness (QED) is 0.0283. The van der Waals surface area contributed by atoms with E-state index in [-0.39, 0.29) is 0 Å². The molecule has 9 aromatic rings. The average molecular weight is 1480 g/mol. The van der Waals surface area contributed by atoms with Crippen LogP contribution in [0.1, 0.15) is 228 Å². The zero-order chi connectivity index (χ0) is 69.1. The Hall–Kier alpha value is -5.47. The molecule has 0 fully saturated rings. The molecule has 0 N–H and O–H groups in total. The van der Waals surface area contributed by atoms with E-state index in [1.807, 2.05) is 0 Å². The monoisotopic (exact) mass is 1480 g/mol. The molecule has 0 aliphatic heterocycles. The predicted molar refractivity (Wildman–Crippen MR) is 422 cm³/mol. The number of aryl methyl sites for hydroxylation is 9. The minimum absolute atomic E-state index is 0.868. The predicted octanol–water partition coefficient (Wildman–Crippen LogP) is 27.7. The van der Waals surface area contributed by atoms with Crippen molar-refractivity contribution in [2.24, 2.45) is 0 Å². The molecule has 9 rings (SSSR count). The molecule has 0 heterocycles. The van der Waals surface area contributed by atoms with Crippen LogP contribution in [0.5, 0.6) is 0 Å². The molecule has 98 heavy (non-hydrogen) atoms. The summed E-state index contributed by atoms with van der Waals surface area (Å²) in [6, 6.07) is 81.6. The van der Waals surface area contributed by atoms with Gasteiger partial charge in [0, 0.05) is 0 Å². The fraction of sp³-hybridized carbons (Fsp3) is 0.400. The molecule has 0 radical (unpaired) electrons. The van der Waals surface area contributed by atoms with Gasteiger partial charge < -0.3 is 0 Å². The fourth-order valence-electron chi connectivity index (χ4n) is 13.4. The van der Waals surface area contributed by atoms with Crippen LogP contribution in [0.3, 0.4) is 0 Å². The molecule has 4 nitrogen and oxygen atoms in total. The van der Waals surface area contributed by atoms with Crippen LogP contribution in [-0.4, -0.2) is 20.1 Å². The van der Waals surface area contributed by atoms with Crippen LogP contribution in [0.4, 0.5) is 0 Å². The first-order valence-electron chi connectivity index (χ1n) is 38.0. The Kier molecular flexibility index (Phi) is 30.6. The van der Waals surface area contributed by atoms with Gasteiger partial charge in [0.2, 0.25) is 0 Å². The van der Waals surface area contributed by atoms with Gasteiger partial charge in [0.15, 0.2) is 0 Å². The molecule has 0 aliphatic rings. The van der Waals surface area contributed by atoms with Crippen molar-refractivity contribution in [2.75, 3.05) is 0 Å². The first kappa shape index (κ1) is 76.7. The van der Waals surface area contributed by atoms with Crippen molar-refractivity contribution in [3.05, 3.63) is 268 Å². The van der Waals surface area contributed by atoms with Crippen LogP contribution in [0.15, 0.2) is 262 Å². The van der Waals surface area contributed by atoms with Gasteiger partial charge in [0.05, 0.1) is 0 Å². The molecule has 0 amide bonds. The number of benzene rings is 9. The SMILES string of the molecule is CCCCCCCCc1ccc(S([O][Sb](=[O])([O]S(c2ccc(CC)cc2)(c2ccc(CC)cc2)c2ccc(CCCCCCCC)cc2)[O]S(c2ccc(CC)cc2)(c2ccc(CC)cc2)c2ccc(CCCCCCCC)cc2)(c2ccc(CC)cc2)c2ccc(CC)cc2)cc1. The maximum absolute atomic E-state index is 19.6. The van der Waals surface area contributed by atoms with E-state index in [2.05, 4.69) is 281 Å². The Morgan fingerprint density at radius 1 is 0.204 bits per heavy atom. The summed E-state index contributed by atoms with van der Waals surface area (Å²) < 4.78 is 45.6. The molecule has 9 aromatic carbocycles. The van der Waals surface area contributed by atoms with Gasteiger partial charge in [-0.15, -0.1) is 0 Å². The zero-order valence-electron chi connectivity index (χ0n) is 61.2. The van der Waals surface area contributed by atoms with Gasteiger partial charge in [-0.1, -0.05) is 40.0 Å². The molecule has 0 aliphatic carbocycles. The first-order chi connectivity index (χ1) is 48.0. The van der Waals surface area contributed by atoms with Gasteiger partial charge in [-0.2, -0.15) is 0 Å². The summed E-state index contributed by atoms with van der Waals surface area (Å²) >= 11 is -6.87. The van der Waals surface area contributed by atoms with Crippen molar-refractivity contribution in [2.45, 2.75) is 280 Å². The molecule has 0 atom stereocenters. The molecular weight excluding hydrogens is 1360 g/mol. The Morgan fingerprint density at radius 3 is 0.500 bits per heavy atom.